The Morgan fingerprint density at radius 3 is 2.67 bits per heavy atom. The third-order valence-corrected chi connectivity index (χ3v) is 8.16. The molecule has 164 valence electrons. The summed E-state index contributed by atoms with van der Waals surface area (Å²) in [4.78, 5) is 45.4. The summed E-state index contributed by atoms with van der Waals surface area (Å²) in [6.07, 6.45) is 1.74. The molecule has 4 aliphatic heterocycles. The van der Waals surface area contributed by atoms with Crippen LogP contribution in [0.5, 0.6) is 0 Å². The monoisotopic (exact) mass is 437 g/mol. The van der Waals surface area contributed by atoms with Crippen LogP contribution in [0.1, 0.15) is 24.0 Å². The van der Waals surface area contributed by atoms with Crippen LogP contribution < -0.4 is 10.2 Å². The van der Waals surface area contributed by atoms with E-state index >= 15 is 0 Å². The maximum atomic E-state index is 14.2. The van der Waals surface area contributed by atoms with Gasteiger partial charge in [0.15, 0.2) is 0 Å². The average Bonchev–Trinajstić information content (AvgIpc) is 3.52. The number of nitrogens with one attached hydrogen (secondary N) is 1. The first-order valence-corrected chi connectivity index (χ1v) is 11.6. The number of amides is 3. The van der Waals surface area contributed by atoms with Gasteiger partial charge in [0.1, 0.15) is 5.54 Å². The number of carbonyl (C=O) groups is 3. The first-order chi connectivity index (χ1) is 16.0. The van der Waals surface area contributed by atoms with Crippen LogP contribution in [0.2, 0.25) is 0 Å². The highest BCUT2D eigenvalue weighted by atomic mass is 16.2. The van der Waals surface area contributed by atoms with Crippen LogP contribution in [0.3, 0.4) is 0 Å². The number of hydrogen-bond donors (Lipinski definition) is 1. The van der Waals surface area contributed by atoms with Crippen LogP contribution in [0.25, 0.3) is 10.8 Å². The first kappa shape index (κ1) is 19.0. The Labute approximate surface area is 191 Å². The second-order valence-corrected chi connectivity index (χ2v) is 9.69. The minimum atomic E-state index is -1.13. The average molecular weight is 437 g/mol. The number of hydrogen-bond acceptors (Lipinski definition) is 4. The molecule has 7 rings (SSSR count). The van der Waals surface area contributed by atoms with Crippen molar-refractivity contribution in [3.8, 4) is 0 Å². The molecule has 0 aromatic heterocycles. The zero-order valence-corrected chi connectivity index (χ0v) is 18.2. The molecule has 0 bridgehead atoms. The smallest absolute Gasteiger partial charge is 0.250 e. The van der Waals surface area contributed by atoms with E-state index in [0.29, 0.717) is 12.2 Å². The molecular weight excluding hydrogens is 414 g/mol. The Kier molecular flexibility index (Phi) is 3.62. The van der Waals surface area contributed by atoms with Gasteiger partial charge in [-0.05, 0) is 43.8 Å². The second-order valence-electron chi connectivity index (χ2n) is 9.69. The van der Waals surface area contributed by atoms with Gasteiger partial charge in [-0.3, -0.25) is 19.3 Å². The highest BCUT2D eigenvalue weighted by Gasteiger charge is 2.74. The number of anilines is 2. The highest BCUT2D eigenvalue weighted by molar-refractivity contribution is 6.28. The van der Waals surface area contributed by atoms with Crippen LogP contribution in [0, 0.1) is 18.8 Å². The largest absolute Gasteiger partial charge is 0.324 e. The molecule has 3 aromatic rings. The summed E-state index contributed by atoms with van der Waals surface area (Å²) < 4.78 is 0. The number of carbonyl (C=O) groups excluding carboxylic acids is 3. The molecular formula is C27H23N3O3. The molecule has 3 saturated heterocycles. The van der Waals surface area contributed by atoms with Crippen LogP contribution in [-0.2, 0) is 19.9 Å². The molecule has 4 aliphatic rings. The summed E-state index contributed by atoms with van der Waals surface area (Å²) in [5.41, 5.74) is 2.11. The fourth-order valence-electron chi connectivity index (χ4n) is 6.96. The van der Waals surface area contributed by atoms with Gasteiger partial charge in [0, 0.05) is 22.7 Å². The molecule has 3 fully saturated rings. The van der Waals surface area contributed by atoms with Gasteiger partial charge in [0.05, 0.1) is 17.5 Å². The van der Waals surface area contributed by atoms with E-state index in [2.05, 4.69) is 10.2 Å². The third-order valence-electron chi connectivity index (χ3n) is 8.16. The minimum absolute atomic E-state index is 0.108. The normalized spacial score (nSPS) is 30.3. The molecule has 0 saturated carbocycles. The lowest BCUT2D eigenvalue weighted by molar-refractivity contribution is -0.135. The van der Waals surface area contributed by atoms with Crippen LogP contribution in [0.4, 0.5) is 11.4 Å². The molecule has 0 radical (unpaired) electrons. The molecule has 1 N–H and O–H groups in total. The topological polar surface area (TPSA) is 69.7 Å². The van der Waals surface area contributed by atoms with E-state index in [1.54, 1.807) is 0 Å². The van der Waals surface area contributed by atoms with Crippen LogP contribution >= 0.6 is 0 Å². The van der Waals surface area contributed by atoms with Crippen molar-refractivity contribution in [2.75, 3.05) is 16.8 Å². The molecule has 33 heavy (non-hydrogen) atoms. The molecule has 4 atom stereocenters. The van der Waals surface area contributed by atoms with Crippen molar-refractivity contribution in [1.29, 1.82) is 0 Å². The lowest BCUT2D eigenvalue weighted by Gasteiger charge is -2.36. The van der Waals surface area contributed by atoms with Gasteiger partial charge in [-0.2, -0.15) is 0 Å². The number of fused-ring (bicyclic) bond motifs is 8. The quantitative estimate of drug-likeness (QED) is 0.591. The van der Waals surface area contributed by atoms with Crippen molar-refractivity contribution >= 4 is 39.9 Å². The Morgan fingerprint density at radius 2 is 1.79 bits per heavy atom. The van der Waals surface area contributed by atoms with E-state index in [1.807, 2.05) is 67.6 Å². The molecule has 0 aliphatic carbocycles. The SMILES string of the molecule is Cc1ccc2c(c1)[C@]1(C(=O)N2)[C@H]2C(=O)N(c3cccc4ccccc34)C(=O)[C@@H]2[C@H]2CCCN21. The van der Waals surface area contributed by atoms with E-state index in [4.69, 9.17) is 0 Å². The second kappa shape index (κ2) is 6.29. The zero-order valence-electron chi connectivity index (χ0n) is 18.2. The van der Waals surface area contributed by atoms with Crippen LogP contribution in [0.15, 0.2) is 60.7 Å². The van der Waals surface area contributed by atoms with E-state index in [9.17, 15) is 14.4 Å². The molecule has 3 aromatic carbocycles. The molecule has 0 unspecified atom stereocenters. The van der Waals surface area contributed by atoms with Gasteiger partial charge in [-0.1, -0.05) is 54.1 Å². The van der Waals surface area contributed by atoms with Gasteiger partial charge in [0.25, 0.3) is 0 Å². The van der Waals surface area contributed by atoms with Crippen molar-refractivity contribution in [2.45, 2.75) is 31.3 Å². The predicted molar refractivity (Wildman–Crippen MR) is 125 cm³/mol. The highest BCUT2D eigenvalue weighted by Crippen LogP contribution is 2.61. The van der Waals surface area contributed by atoms with Gasteiger partial charge in [0.2, 0.25) is 17.7 Å². The van der Waals surface area contributed by atoms with Gasteiger partial charge < -0.3 is 5.32 Å². The van der Waals surface area contributed by atoms with E-state index in [-0.39, 0.29) is 23.8 Å². The van der Waals surface area contributed by atoms with Crippen molar-refractivity contribution < 1.29 is 14.4 Å². The molecule has 6 heteroatoms. The van der Waals surface area contributed by atoms with Crippen molar-refractivity contribution in [1.82, 2.24) is 4.90 Å². The summed E-state index contributed by atoms with van der Waals surface area (Å²) in [6.45, 7) is 2.71. The maximum absolute atomic E-state index is 14.2. The Balaban J connectivity index is 1.46. The minimum Gasteiger partial charge on any atom is -0.324 e. The molecule has 6 nitrogen and oxygen atoms in total. The summed E-state index contributed by atoms with van der Waals surface area (Å²) >= 11 is 0. The zero-order chi connectivity index (χ0) is 22.5. The Hall–Kier alpha value is -3.51. The summed E-state index contributed by atoms with van der Waals surface area (Å²) in [7, 11) is 0. The summed E-state index contributed by atoms with van der Waals surface area (Å²) in [5.74, 6) is -1.86. The lowest BCUT2D eigenvalue weighted by atomic mass is 9.75. The first-order valence-electron chi connectivity index (χ1n) is 11.6. The van der Waals surface area contributed by atoms with E-state index < -0.39 is 17.4 Å². The molecule has 4 heterocycles. The van der Waals surface area contributed by atoms with Gasteiger partial charge in [-0.25, -0.2) is 4.90 Å². The number of aryl methyl sites for hydroxylation is 1. The fraction of sp³-hybridized carbons (Fsp3) is 0.296. The van der Waals surface area contributed by atoms with Crippen molar-refractivity contribution in [3.63, 3.8) is 0 Å². The predicted octanol–water partition coefficient (Wildman–Crippen LogP) is 3.58. The van der Waals surface area contributed by atoms with Crippen molar-refractivity contribution in [3.05, 3.63) is 71.8 Å². The third kappa shape index (κ3) is 2.15. The summed E-state index contributed by atoms with van der Waals surface area (Å²) in [6, 6.07) is 19.3. The van der Waals surface area contributed by atoms with Gasteiger partial charge in [-0.15, -0.1) is 0 Å². The standard InChI is InChI=1S/C27H23N3O3/c1-15-11-12-19-18(14-15)27(26(33)28-19)23-22(21-10-5-13-29(21)27)24(31)30(25(23)32)20-9-4-7-16-6-2-3-8-17(16)20/h2-4,6-9,11-12,14,21-23H,5,10,13H2,1H3,(H,28,33)/t21-,22-,23-,27-/m1/s1. The number of rotatable bonds is 1. The van der Waals surface area contributed by atoms with Gasteiger partial charge >= 0.3 is 0 Å². The lowest BCUT2D eigenvalue weighted by Crippen LogP contribution is -2.54. The van der Waals surface area contributed by atoms with E-state index in [1.165, 1.54) is 4.90 Å². The number of nitrogens with zero attached hydrogens (tertiary/aromatic N) is 2. The Bertz CT molecular complexity index is 1390. The van der Waals surface area contributed by atoms with Crippen molar-refractivity contribution in [2.24, 2.45) is 11.8 Å². The Morgan fingerprint density at radius 1 is 0.970 bits per heavy atom. The summed E-state index contributed by atoms with van der Waals surface area (Å²) in [5, 5.41) is 4.88. The van der Waals surface area contributed by atoms with Crippen LogP contribution in [-0.4, -0.2) is 35.2 Å². The number of benzene rings is 3. The molecule has 3 amide bonds. The number of imide groups is 1. The fourth-order valence-corrected chi connectivity index (χ4v) is 6.96. The van der Waals surface area contributed by atoms with E-state index in [0.717, 1.165) is 40.4 Å². The maximum Gasteiger partial charge on any atom is 0.250 e. The molecule has 1 spiro atoms.